The summed E-state index contributed by atoms with van der Waals surface area (Å²) in [5.41, 5.74) is 2.89. The molecule has 0 aliphatic carbocycles. The Labute approximate surface area is 168 Å². The minimum Gasteiger partial charge on any atom is -0.376 e. The molecule has 1 aromatic heterocycles. The van der Waals surface area contributed by atoms with Gasteiger partial charge < -0.3 is 10.2 Å². The molecule has 3 aromatic rings. The normalized spacial score (nSPS) is 14.7. The van der Waals surface area contributed by atoms with Gasteiger partial charge in [-0.25, -0.2) is 4.39 Å². The molecule has 0 saturated carbocycles. The maximum Gasteiger partial charge on any atom is 0.241 e. The topological polar surface area (TPSA) is 86.8 Å². The van der Waals surface area contributed by atoms with Crippen molar-refractivity contribution in [2.45, 2.75) is 19.3 Å². The summed E-state index contributed by atoms with van der Waals surface area (Å²) in [6, 6.07) is 14.3. The molecule has 1 aliphatic heterocycles. The number of carbonyl (C=O) groups excluding carboxylic acids is 1. The van der Waals surface area contributed by atoms with Crippen molar-refractivity contribution in [3.05, 3.63) is 59.9 Å². The van der Waals surface area contributed by atoms with Crippen LogP contribution in [0.3, 0.4) is 0 Å². The van der Waals surface area contributed by atoms with Crippen molar-refractivity contribution in [1.29, 1.82) is 0 Å². The highest BCUT2D eigenvalue weighted by atomic mass is 19.1. The van der Waals surface area contributed by atoms with Crippen LogP contribution in [0.15, 0.2) is 48.5 Å². The van der Waals surface area contributed by atoms with E-state index in [2.05, 4.69) is 25.9 Å². The van der Waals surface area contributed by atoms with Gasteiger partial charge in [-0.15, -0.1) is 10.2 Å². The summed E-state index contributed by atoms with van der Waals surface area (Å²) in [6.45, 7) is 1.80. The van der Waals surface area contributed by atoms with E-state index in [-0.39, 0.29) is 18.3 Å². The highest BCUT2D eigenvalue weighted by Crippen LogP contribution is 2.22. The summed E-state index contributed by atoms with van der Waals surface area (Å²) in [4.78, 5) is 14.4. The second kappa shape index (κ2) is 8.81. The molecule has 4 rings (SSSR count). The second-order valence-corrected chi connectivity index (χ2v) is 7.32. The van der Waals surface area contributed by atoms with Crippen LogP contribution in [0.1, 0.15) is 18.4 Å². The number of H-pyrrole nitrogens is 1. The quantitative estimate of drug-likeness (QED) is 0.671. The summed E-state index contributed by atoms with van der Waals surface area (Å²) in [7, 11) is 0. The number of nitrogens with zero attached hydrogens (tertiary/aromatic N) is 4. The van der Waals surface area contributed by atoms with Crippen LogP contribution in [0.2, 0.25) is 0 Å². The lowest BCUT2D eigenvalue weighted by atomic mass is 9.90. The van der Waals surface area contributed by atoms with E-state index < -0.39 is 0 Å². The summed E-state index contributed by atoms with van der Waals surface area (Å²) in [5.74, 6) is 0.977. The third-order valence-electron chi connectivity index (χ3n) is 5.34. The molecular weight excluding hydrogens is 371 g/mol. The summed E-state index contributed by atoms with van der Waals surface area (Å²) >= 11 is 0. The third-order valence-corrected chi connectivity index (χ3v) is 5.34. The van der Waals surface area contributed by atoms with Gasteiger partial charge in [-0.1, -0.05) is 12.1 Å². The van der Waals surface area contributed by atoms with Gasteiger partial charge in [-0.3, -0.25) is 4.79 Å². The van der Waals surface area contributed by atoms with E-state index in [0.29, 0.717) is 11.7 Å². The maximum absolute atomic E-state index is 13.0. The fourth-order valence-corrected chi connectivity index (χ4v) is 3.65. The first-order valence-corrected chi connectivity index (χ1v) is 9.77. The van der Waals surface area contributed by atoms with Gasteiger partial charge in [0, 0.05) is 24.3 Å². The smallest absolute Gasteiger partial charge is 0.241 e. The standard InChI is InChI=1S/C21H23FN6O/c22-18-5-1-15(2-6-18)13-16-9-11-28(12-10-16)20(29)14-23-19-7-3-17(4-8-19)21-24-26-27-25-21/h1-8,16,23H,9-14H2,(H,24,25,26,27). The number of tetrazole rings is 1. The average molecular weight is 394 g/mol. The molecule has 0 radical (unpaired) electrons. The molecule has 1 saturated heterocycles. The first kappa shape index (κ1) is 19.0. The molecule has 7 nitrogen and oxygen atoms in total. The van der Waals surface area contributed by atoms with Crippen LogP contribution in [0.5, 0.6) is 0 Å². The zero-order chi connectivity index (χ0) is 20.1. The predicted molar refractivity (Wildman–Crippen MR) is 108 cm³/mol. The van der Waals surface area contributed by atoms with Crippen LogP contribution in [0, 0.1) is 11.7 Å². The van der Waals surface area contributed by atoms with Gasteiger partial charge in [0.15, 0.2) is 0 Å². The number of halogens is 1. The number of hydrogen-bond acceptors (Lipinski definition) is 5. The van der Waals surface area contributed by atoms with Crippen molar-refractivity contribution in [2.24, 2.45) is 5.92 Å². The van der Waals surface area contributed by atoms with Crippen molar-refractivity contribution in [1.82, 2.24) is 25.5 Å². The van der Waals surface area contributed by atoms with Gasteiger partial charge in [0.25, 0.3) is 0 Å². The molecule has 0 unspecified atom stereocenters. The first-order valence-electron chi connectivity index (χ1n) is 9.77. The summed E-state index contributed by atoms with van der Waals surface area (Å²) in [6.07, 6.45) is 2.89. The Morgan fingerprint density at radius 3 is 2.48 bits per heavy atom. The molecule has 2 aromatic carbocycles. The number of aromatic nitrogens is 4. The molecule has 2 heterocycles. The lowest BCUT2D eigenvalue weighted by Crippen LogP contribution is -2.41. The monoisotopic (exact) mass is 394 g/mol. The number of anilines is 1. The SMILES string of the molecule is O=C(CNc1ccc(-c2nn[nH]n2)cc1)N1CCC(Cc2ccc(F)cc2)CC1. The number of piperidine rings is 1. The number of benzene rings is 2. The van der Waals surface area contributed by atoms with Gasteiger partial charge >= 0.3 is 0 Å². The van der Waals surface area contributed by atoms with Crippen molar-refractivity contribution >= 4 is 11.6 Å². The fraction of sp³-hybridized carbons (Fsp3) is 0.333. The lowest BCUT2D eigenvalue weighted by molar-refractivity contribution is -0.130. The Bertz CT molecular complexity index is 919. The Hall–Kier alpha value is -3.29. The highest BCUT2D eigenvalue weighted by molar-refractivity contribution is 5.81. The van der Waals surface area contributed by atoms with Crippen LogP contribution in [-0.2, 0) is 11.2 Å². The largest absolute Gasteiger partial charge is 0.376 e. The number of nitrogens with one attached hydrogen (secondary N) is 2. The molecule has 0 atom stereocenters. The maximum atomic E-state index is 13.0. The third kappa shape index (κ3) is 4.96. The zero-order valence-corrected chi connectivity index (χ0v) is 16.0. The summed E-state index contributed by atoms with van der Waals surface area (Å²) in [5, 5.41) is 17.0. The van der Waals surface area contributed by atoms with Crippen molar-refractivity contribution in [3.8, 4) is 11.4 Å². The van der Waals surface area contributed by atoms with Crippen LogP contribution >= 0.6 is 0 Å². The molecule has 0 spiro atoms. The number of rotatable bonds is 6. The van der Waals surface area contributed by atoms with E-state index in [1.165, 1.54) is 12.1 Å². The zero-order valence-electron chi connectivity index (χ0n) is 16.0. The molecule has 150 valence electrons. The molecule has 1 amide bonds. The Morgan fingerprint density at radius 2 is 1.83 bits per heavy atom. The Kier molecular flexibility index (Phi) is 5.79. The van der Waals surface area contributed by atoms with Crippen LogP contribution in [0.25, 0.3) is 11.4 Å². The predicted octanol–water partition coefficient (Wildman–Crippen LogP) is 2.90. The van der Waals surface area contributed by atoms with Crippen molar-refractivity contribution in [3.63, 3.8) is 0 Å². The van der Waals surface area contributed by atoms with Crippen LogP contribution in [0.4, 0.5) is 10.1 Å². The number of carbonyl (C=O) groups is 1. The van der Waals surface area contributed by atoms with Gasteiger partial charge in [0.05, 0.1) is 6.54 Å². The highest BCUT2D eigenvalue weighted by Gasteiger charge is 2.22. The van der Waals surface area contributed by atoms with Gasteiger partial charge in [-0.05, 0) is 72.4 Å². The van der Waals surface area contributed by atoms with Gasteiger partial charge in [0.1, 0.15) is 5.82 Å². The molecule has 1 fully saturated rings. The van der Waals surface area contributed by atoms with E-state index in [1.807, 2.05) is 41.3 Å². The second-order valence-electron chi connectivity index (χ2n) is 7.32. The number of likely N-dealkylation sites (tertiary alicyclic amines) is 1. The van der Waals surface area contributed by atoms with E-state index in [9.17, 15) is 9.18 Å². The molecule has 2 N–H and O–H groups in total. The summed E-state index contributed by atoms with van der Waals surface area (Å²) < 4.78 is 13.0. The first-order chi connectivity index (χ1) is 14.2. The van der Waals surface area contributed by atoms with E-state index >= 15 is 0 Å². The van der Waals surface area contributed by atoms with E-state index in [4.69, 9.17) is 0 Å². The van der Waals surface area contributed by atoms with Crippen LogP contribution in [-0.4, -0.2) is 51.1 Å². The Morgan fingerprint density at radius 1 is 1.10 bits per heavy atom. The molecule has 1 aliphatic rings. The lowest BCUT2D eigenvalue weighted by Gasteiger charge is -2.32. The van der Waals surface area contributed by atoms with Gasteiger partial charge in [0.2, 0.25) is 11.7 Å². The molecule has 0 bridgehead atoms. The number of aromatic amines is 1. The van der Waals surface area contributed by atoms with Crippen molar-refractivity contribution < 1.29 is 9.18 Å². The minimum atomic E-state index is -0.203. The minimum absolute atomic E-state index is 0.104. The van der Waals surface area contributed by atoms with Crippen molar-refractivity contribution in [2.75, 3.05) is 25.0 Å². The number of amides is 1. The van der Waals surface area contributed by atoms with Gasteiger partial charge in [-0.2, -0.15) is 5.21 Å². The molecule has 8 heteroatoms. The fourth-order valence-electron chi connectivity index (χ4n) is 3.65. The van der Waals surface area contributed by atoms with E-state index in [0.717, 1.165) is 49.2 Å². The molecule has 29 heavy (non-hydrogen) atoms. The average Bonchev–Trinajstić information content (AvgIpc) is 3.29. The van der Waals surface area contributed by atoms with E-state index in [1.54, 1.807) is 0 Å². The Balaban J connectivity index is 1.22. The molecular formula is C21H23FN6O. The number of hydrogen-bond donors (Lipinski definition) is 2. The van der Waals surface area contributed by atoms with Crippen LogP contribution < -0.4 is 5.32 Å².